The van der Waals surface area contributed by atoms with Gasteiger partial charge in [0.2, 0.25) is 5.76 Å². The number of unbranched alkanes of at least 4 members (excludes halogenated alkanes) is 1. The van der Waals surface area contributed by atoms with Crippen LogP contribution in [0.3, 0.4) is 0 Å². The van der Waals surface area contributed by atoms with Crippen LogP contribution in [0, 0.1) is 0 Å². The molecule has 0 radical (unpaired) electrons. The van der Waals surface area contributed by atoms with Crippen molar-refractivity contribution in [3.05, 3.63) is 29.5 Å². The van der Waals surface area contributed by atoms with Crippen LogP contribution in [0.15, 0.2) is 22.6 Å². The van der Waals surface area contributed by atoms with Crippen LogP contribution in [0.5, 0.6) is 0 Å². The summed E-state index contributed by atoms with van der Waals surface area (Å²) in [6.45, 7) is 6.01. The summed E-state index contributed by atoms with van der Waals surface area (Å²) in [4.78, 5) is 13.8. The molecule has 2 heterocycles. The maximum Gasteiger partial charge on any atom is 0.372 e. The van der Waals surface area contributed by atoms with Crippen molar-refractivity contribution in [2.45, 2.75) is 26.2 Å². The fourth-order valence-corrected chi connectivity index (χ4v) is 3.03. The van der Waals surface area contributed by atoms with Crippen molar-refractivity contribution in [1.82, 2.24) is 5.32 Å². The Morgan fingerprint density at radius 2 is 2.14 bits per heavy atom. The van der Waals surface area contributed by atoms with Crippen LogP contribution in [-0.4, -0.2) is 37.3 Å². The van der Waals surface area contributed by atoms with Gasteiger partial charge in [-0.05, 0) is 31.0 Å². The minimum absolute atomic E-state index is 0.0981. The molecule has 2 N–H and O–H groups in total. The first-order valence-corrected chi connectivity index (χ1v) is 7.95. The molecule has 1 aliphatic heterocycles. The highest BCUT2D eigenvalue weighted by Gasteiger charge is 2.20. The van der Waals surface area contributed by atoms with Crippen LogP contribution in [0.25, 0.3) is 11.0 Å². The predicted octanol–water partition coefficient (Wildman–Crippen LogP) is 2.88. The first kappa shape index (κ1) is 14.9. The summed E-state index contributed by atoms with van der Waals surface area (Å²) >= 11 is 0. The minimum Gasteiger partial charge on any atom is -0.475 e. The maximum absolute atomic E-state index is 11.4. The lowest BCUT2D eigenvalue weighted by Crippen LogP contribution is -2.43. The molecule has 22 heavy (non-hydrogen) atoms. The van der Waals surface area contributed by atoms with Gasteiger partial charge in [-0.25, -0.2) is 4.79 Å². The van der Waals surface area contributed by atoms with Gasteiger partial charge in [-0.15, -0.1) is 0 Å². The molecule has 0 aliphatic carbocycles. The summed E-state index contributed by atoms with van der Waals surface area (Å²) in [5, 5.41) is 13.7. The Bertz CT molecular complexity index is 672. The number of carbonyl (C=O) groups is 1. The third-order valence-corrected chi connectivity index (χ3v) is 4.23. The van der Waals surface area contributed by atoms with E-state index in [9.17, 15) is 9.90 Å². The van der Waals surface area contributed by atoms with Crippen LogP contribution in [0.4, 0.5) is 5.69 Å². The van der Waals surface area contributed by atoms with E-state index in [2.05, 4.69) is 23.2 Å². The zero-order valence-electron chi connectivity index (χ0n) is 12.9. The lowest BCUT2D eigenvalue weighted by Gasteiger charge is -2.29. The van der Waals surface area contributed by atoms with Gasteiger partial charge in [0.1, 0.15) is 5.58 Å². The lowest BCUT2D eigenvalue weighted by molar-refractivity contribution is 0.0663. The van der Waals surface area contributed by atoms with Crippen LogP contribution >= 0.6 is 0 Å². The van der Waals surface area contributed by atoms with Crippen molar-refractivity contribution >= 4 is 22.6 Å². The molecule has 118 valence electrons. The molecule has 1 aliphatic rings. The van der Waals surface area contributed by atoms with Crippen molar-refractivity contribution in [1.29, 1.82) is 0 Å². The quantitative estimate of drug-likeness (QED) is 0.889. The average Bonchev–Trinajstić information content (AvgIpc) is 2.91. The number of anilines is 1. The fraction of sp³-hybridized carbons (Fsp3) is 0.471. The first-order chi connectivity index (χ1) is 10.7. The molecule has 0 atom stereocenters. The predicted molar refractivity (Wildman–Crippen MR) is 86.9 cm³/mol. The highest BCUT2D eigenvalue weighted by molar-refractivity contribution is 5.96. The Kier molecular flexibility index (Phi) is 4.34. The number of nitrogens with zero attached hydrogens (tertiary/aromatic N) is 1. The minimum atomic E-state index is -0.981. The summed E-state index contributed by atoms with van der Waals surface area (Å²) in [5.74, 6) is -0.882. The van der Waals surface area contributed by atoms with E-state index in [0.717, 1.165) is 62.1 Å². The van der Waals surface area contributed by atoms with Crippen LogP contribution in [0.2, 0.25) is 0 Å². The molecule has 0 bridgehead atoms. The SMILES string of the molecule is CCCCc1c(C(=O)O)oc2ccc(N3CCNCC3)cc12. The van der Waals surface area contributed by atoms with Gasteiger partial charge >= 0.3 is 5.97 Å². The van der Waals surface area contributed by atoms with Gasteiger partial charge in [0, 0.05) is 42.8 Å². The third kappa shape index (κ3) is 2.81. The van der Waals surface area contributed by atoms with Crippen molar-refractivity contribution < 1.29 is 14.3 Å². The highest BCUT2D eigenvalue weighted by atomic mass is 16.4. The number of hydrogen-bond acceptors (Lipinski definition) is 4. The maximum atomic E-state index is 11.4. The number of furan rings is 1. The van der Waals surface area contributed by atoms with Crippen LogP contribution in [-0.2, 0) is 6.42 Å². The molecule has 0 amide bonds. The van der Waals surface area contributed by atoms with Gasteiger partial charge in [0.25, 0.3) is 0 Å². The van der Waals surface area contributed by atoms with E-state index in [-0.39, 0.29) is 5.76 Å². The van der Waals surface area contributed by atoms with Crippen molar-refractivity contribution in [2.24, 2.45) is 0 Å². The molecular weight excluding hydrogens is 280 g/mol. The van der Waals surface area contributed by atoms with E-state index in [1.54, 1.807) is 0 Å². The third-order valence-electron chi connectivity index (χ3n) is 4.23. The summed E-state index contributed by atoms with van der Waals surface area (Å²) in [6.07, 6.45) is 2.74. The molecule has 1 aromatic carbocycles. The zero-order valence-corrected chi connectivity index (χ0v) is 12.9. The second kappa shape index (κ2) is 6.40. The molecule has 1 fully saturated rings. The Morgan fingerprint density at radius 1 is 1.36 bits per heavy atom. The molecule has 0 unspecified atom stereocenters. The number of piperazine rings is 1. The molecule has 5 heteroatoms. The molecule has 0 spiro atoms. The zero-order chi connectivity index (χ0) is 15.5. The number of rotatable bonds is 5. The molecule has 1 aromatic heterocycles. The molecule has 1 saturated heterocycles. The highest BCUT2D eigenvalue weighted by Crippen LogP contribution is 2.31. The van der Waals surface area contributed by atoms with E-state index in [1.165, 1.54) is 0 Å². The summed E-state index contributed by atoms with van der Waals surface area (Å²) in [5.41, 5.74) is 2.65. The van der Waals surface area contributed by atoms with Crippen LogP contribution in [0.1, 0.15) is 35.9 Å². The largest absolute Gasteiger partial charge is 0.475 e. The van der Waals surface area contributed by atoms with Gasteiger partial charge < -0.3 is 19.7 Å². The first-order valence-electron chi connectivity index (χ1n) is 7.95. The monoisotopic (exact) mass is 302 g/mol. The van der Waals surface area contributed by atoms with Gasteiger partial charge in [0.05, 0.1) is 0 Å². The number of benzene rings is 1. The Labute approximate surface area is 129 Å². The van der Waals surface area contributed by atoms with Crippen molar-refractivity contribution in [3.8, 4) is 0 Å². The van der Waals surface area contributed by atoms with Gasteiger partial charge in [-0.3, -0.25) is 0 Å². The Morgan fingerprint density at radius 3 is 2.82 bits per heavy atom. The Hall–Kier alpha value is -2.01. The summed E-state index contributed by atoms with van der Waals surface area (Å²) < 4.78 is 5.57. The molecular formula is C17H22N2O3. The van der Waals surface area contributed by atoms with Crippen molar-refractivity contribution in [3.63, 3.8) is 0 Å². The van der Waals surface area contributed by atoms with Crippen molar-refractivity contribution in [2.75, 3.05) is 31.1 Å². The fourth-order valence-electron chi connectivity index (χ4n) is 3.03. The average molecular weight is 302 g/mol. The second-order valence-electron chi connectivity index (χ2n) is 5.74. The number of aryl methyl sites for hydroxylation is 1. The van der Waals surface area contributed by atoms with E-state index in [4.69, 9.17) is 4.42 Å². The number of carboxylic acids is 1. The number of carboxylic acid groups (broad SMARTS) is 1. The van der Waals surface area contributed by atoms with Gasteiger partial charge in [-0.1, -0.05) is 13.3 Å². The molecule has 3 rings (SSSR count). The summed E-state index contributed by atoms with van der Waals surface area (Å²) in [7, 11) is 0. The lowest BCUT2D eigenvalue weighted by atomic mass is 10.0. The van der Waals surface area contributed by atoms with E-state index >= 15 is 0 Å². The second-order valence-corrected chi connectivity index (χ2v) is 5.74. The number of aromatic carboxylic acids is 1. The van der Waals surface area contributed by atoms with Gasteiger partial charge in [-0.2, -0.15) is 0 Å². The molecule has 5 nitrogen and oxygen atoms in total. The Balaban J connectivity index is 2.02. The standard InChI is InChI=1S/C17H22N2O3/c1-2-3-4-13-14-11-12(19-9-7-18-8-10-19)5-6-15(14)22-16(13)17(20)21/h5-6,11,18H,2-4,7-10H2,1H3,(H,20,21). The van der Waals surface area contributed by atoms with E-state index < -0.39 is 5.97 Å². The van der Waals surface area contributed by atoms with E-state index in [0.29, 0.717) is 5.58 Å². The normalized spacial score (nSPS) is 15.4. The molecule has 0 saturated carbocycles. The topological polar surface area (TPSA) is 65.7 Å². The van der Waals surface area contributed by atoms with Gasteiger partial charge in [0.15, 0.2) is 0 Å². The number of hydrogen-bond donors (Lipinski definition) is 2. The number of fused-ring (bicyclic) bond motifs is 1. The summed E-state index contributed by atoms with van der Waals surface area (Å²) in [6, 6.07) is 6.00. The smallest absolute Gasteiger partial charge is 0.372 e. The van der Waals surface area contributed by atoms with Crippen LogP contribution < -0.4 is 10.2 Å². The molecule has 2 aromatic rings. The van der Waals surface area contributed by atoms with E-state index in [1.807, 2.05) is 12.1 Å². The number of nitrogens with one attached hydrogen (secondary N) is 1.